The third-order valence-corrected chi connectivity index (χ3v) is 4.92. The normalized spacial score (nSPS) is 18.4. The van der Waals surface area contributed by atoms with E-state index < -0.39 is 12.8 Å². The Balaban J connectivity index is 2.17. The molecule has 0 saturated carbocycles. The molecular formula is C18H17BF3N3. The molecule has 0 bridgehead atoms. The van der Waals surface area contributed by atoms with Crippen molar-refractivity contribution in [3.8, 4) is 0 Å². The van der Waals surface area contributed by atoms with Crippen LogP contribution in [0, 0.1) is 19.7 Å². The first-order chi connectivity index (χ1) is 11.7. The van der Waals surface area contributed by atoms with Gasteiger partial charge in [-0.2, -0.15) is 0 Å². The average Bonchev–Trinajstić information content (AvgIpc) is 2.99. The van der Waals surface area contributed by atoms with Crippen LogP contribution in [0.25, 0.3) is 5.57 Å². The lowest BCUT2D eigenvalue weighted by molar-refractivity contribution is -0.363. The molecule has 2 aliphatic rings. The number of aryl methyl sites for hydroxylation is 2. The van der Waals surface area contributed by atoms with Crippen LogP contribution >= 0.6 is 0 Å². The van der Waals surface area contributed by atoms with Gasteiger partial charge in [0.15, 0.2) is 5.70 Å². The second-order valence-corrected chi connectivity index (χ2v) is 6.70. The predicted octanol–water partition coefficient (Wildman–Crippen LogP) is 4.07. The summed E-state index contributed by atoms with van der Waals surface area (Å²) < 4.78 is 46.3. The minimum absolute atomic E-state index is 0.454. The Labute approximate surface area is 143 Å². The van der Waals surface area contributed by atoms with E-state index >= 15 is 8.63 Å². The first kappa shape index (κ1) is 15.9. The summed E-state index contributed by atoms with van der Waals surface area (Å²) in [6.45, 7) is 2.99. The van der Waals surface area contributed by atoms with Crippen LogP contribution in [0.15, 0.2) is 41.7 Å². The van der Waals surface area contributed by atoms with Crippen molar-refractivity contribution in [3.05, 3.63) is 70.2 Å². The zero-order valence-corrected chi connectivity index (χ0v) is 14.4. The van der Waals surface area contributed by atoms with Gasteiger partial charge in [0, 0.05) is 24.3 Å². The summed E-state index contributed by atoms with van der Waals surface area (Å²) in [7, 11) is 0. The molecule has 128 valence electrons. The van der Waals surface area contributed by atoms with Crippen LogP contribution in [0.3, 0.4) is 0 Å². The maximum atomic E-state index is 15.4. The fourth-order valence-corrected chi connectivity index (χ4v) is 4.06. The number of hydrogen-bond acceptors (Lipinski definition) is 1. The molecule has 2 aliphatic heterocycles. The summed E-state index contributed by atoms with van der Waals surface area (Å²) in [6.07, 6.45) is 2.87. The molecule has 25 heavy (non-hydrogen) atoms. The molecule has 0 atom stereocenters. The van der Waals surface area contributed by atoms with E-state index in [1.165, 1.54) is 6.07 Å². The lowest BCUT2D eigenvalue weighted by Crippen LogP contribution is -2.51. The highest BCUT2D eigenvalue weighted by molar-refractivity contribution is 6.58. The molecule has 0 amide bonds. The molecule has 0 spiro atoms. The molecule has 0 N–H and O–H groups in total. The highest BCUT2D eigenvalue weighted by Gasteiger charge is 2.55. The van der Waals surface area contributed by atoms with Gasteiger partial charge in [-0.25, -0.2) is 4.39 Å². The number of rotatable bonds is 1. The van der Waals surface area contributed by atoms with Gasteiger partial charge in [-0.3, -0.25) is 4.98 Å². The third kappa shape index (κ3) is 2.01. The van der Waals surface area contributed by atoms with Gasteiger partial charge in [-0.05, 0) is 50.2 Å². The van der Waals surface area contributed by atoms with Crippen LogP contribution in [-0.2, 0) is 0 Å². The maximum Gasteiger partial charge on any atom is 0.737 e. The molecule has 0 saturated heterocycles. The van der Waals surface area contributed by atoms with Crippen molar-refractivity contribution in [1.82, 2.24) is 9.46 Å². The van der Waals surface area contributed by atoms with E-state index in [0.29, 0.717) is 34.1 Å². The van der Waals surface area contributed by atoms with Crippen LogP contribution in [0.2, 0.25) is 0 Å². The molecule has 3 nitrogen and oxygen atoms in total. The number of allylic oxidation sites excluding steroid dienone is 2. The van der Waals surface area contributed by atoms with E-state index in [0.717, 1.165) is 26.3 Å². The van der Waals surface area contributed by atoms with Crippen LogP contribution in [0.1, 0.15) is 36.5 Å². The number of nitrogens with zero attached hydrogens (tertiary/aromatic N) is 3. The molecule has 0 aliphatic carbocycles. The standard InChI is InChI=1S/C18H17BF3N3/c1-10-7-12(3)24-17(10)16(15-6-5-14(20)9-23-15)18-11(2)8-13(4)25(18)19(24,21)22/h5-9H,1-4H3. The summed E-state index contributed by atoms with van der Waals surface area (Å²) in [4.78, 5) is 4.17. The number of hydrogen-bond donors (Lipinski definition) is 0. The average molecular weight is 343 g/mol. The Morgan fingerprint density at radius 3 is 2.48 bits per heavy atom. The summed E-state index contributed by atoms with van der Waals surface area (Å²) >= 11 is 0. The molecule has 4 heterocycles. The molecule has 2 aromatic heterocycles. The third-order valence-electron chi connectivity index (χ3n) is 4.92. The summed E-state index contributed by atoms with van der Waals surface area (Å²) in [6, 6.07) is 4.60. The summed E-state index contributed by atoms with van der Waals surface area (Å²) in [5, 5.41) is 0. The Kier molecular flexibility index (Phi) is 3.17. The van der Waals surface area contributed by atoms with Crippen molar-refractivity contribution in [3.63, 3.8) is 0 Å². The van der Waals surface area contributed by atoms with E-state index in [2.05, 4.69) is 4.98 Å². The fourth-order valence-electron chi connectivity index (χ4n) is 4.06. The fraction of sp³-hybridized carbons (Fsp3) is 0.222. The molecule has 0 unspecified atom stereocenters. The van der Waals surface area contributed by atoms with Gasteiger partial charge < -0.3 is 17.6 Å². The minimum Gasteiger partial charge on any atom is -0.393 e. The molecule has 0 aromatic carbocycles. The van der Waals surface area contributed by atoms with Crippen LogP contribution in [0.5, 0.6) is 0 Å². The predicted molar refractivity (Wildman–Crippen MR) is 92.2 cm³/mol. The van der Waals surface area contributed by atoms with E-state index in [4.69, 9.17) is 0 Å². The van der Waals surface area contributed by atoms with Gasteiger partial charge in [0.05, 0.1) is 17.5 Å². The number of pyridine rings is 1. The van der Waals surface area contributed by atoms with E-state index in [-0.39, 0.29) is 0 Å². The Morgan fingerprint density at radius 2 is 1.84 bits per heavy atom. The van der Waals surface area contributed by atoms with Crippen molar-refractivity contribution in [2.45, 2.75) is 27.7 Å². The zero-order chi connectivity index (χ0) is 18.1. The van der Waals surface area contributed by atoms with Crippen LogP contribution in [-0.4, -0.2) is 26.6 Å². The van der Waals surface area contributed by atoms with Crippen molar-refractivity contribution < 1.29 is 17.5 Å². The number of halogens is 3. The topological polar surface area (TPSA) is 20.8 Å². The molecular weight excluding hydrogens is 326 g/mol. The first-order valence-corrected chi connectivity index (χ1v) is 8.12. The van der Waals surface area contributed by atoms with Crippen LogP contribution in [0.4, 0.5) is 13.0 Å². The van der Waals surface area contributed by atoms with Gasteiger partial charge >= 0.3 is 6.97 Å². The Morgan fingerprint density at radius 1 is 1.12 bits per heavy atom. The Bertz CT molecular complexity index is 1010. The second-order valence-electron chi connectivity index (χ2n) is 6.70. The highest BCUT2D eigenvalue weighted by Crippen LogP contribution is 2.43. The van der Waals surface area contributed by atoms with Gasteiger partial charge in [-0.1, -0.05) is 0 Å². The number of aromatic nitrogens is 2. The van der Waals surface area contributed by atoms with E-state index in [1.54, 1.807) is 32.1 Å². The maximum absolute atomic E-state index is 15.4. The SMILES string of the molecule is CC1=CC(C)=[N+]2C1=C(c1ccc(F)cn1)c1c(C)cc(C)n1[B-]2(F)F. The molecule has 2 aromatic rings. The second kappa shape index (κ2) is 4.97. The lowest BCUT2D eigenvalue weighted by Gasteiger charge is -2.33. The highest BCUT2D eigenvalue weighted by atomic mass is 19.2. The largest absolute Gasteiger partial charge is 0.737 e. The number of fused-ring (bicyclic) bond motifs is 2. The summed E-state index contributed by atoms with van der Waals surface area (Å²) in [5.74, 6) is -0.457. The van der Waals surface area contributed by atoms with Gasteiger partial charge in [0.2, 0.25) is 0 Å². The first-order valence-electron chi connectivity index (χ1n) is 8.12. The van der Waals surface area contributed by atoms with Crippen molar-refractivity contribution in [1.29, 1.82) is 0 Å². The quantitative estimate of drug-likeness (QED) is 0.715. The molecule has 0 radical (unpaired) electrons. The Hall–Kier alpha value is -2.57. The minimum atomic E-state index is -4.00. The van der Waals surface area contributed by atoms with Crippen molar-refractivity contribution >= 4 is 18.3 Å². The zero-order valence-electron chi connectivity index (χ0n) is 14.4. The van der Waals surface area contributed by atoms with Gasteiger partial charge in [0.1, 0.15) is 11.5 Å². The van der Waals surface area contributed by atoms with Gasteiger partial charge in [-0.15, -0.1) is 0 Å². The molecule has 7 heteroatoms. The van der Waals surface area contributed by atoms with E-state index in [9.17, 15) is 4.39 Å². The molecule has 0 fully saturated rings. The monoisotopic (exact) mass is 343 g/mol. The summed E-state index contributed by atoms with van der Waals surface area (Å²) in [5.41, 5.74) is 4.50. The van der Waals surface area contributed by atoms with Crippen molar-refractivity contribution in [2.75, 3.05) is 0 Å². The molecule has 4 rings (SSSR count). The van der Waals surface area contributed by atoms with Crippen molar-refractivity contribution in [2.24, 2.45) is 0 Å². The lowest BCUT2D eigenvalue weighted by atomic mass is 9.85. The van der Waals surface area contributed by atoms with Gasteiger partial charge in [0.25, 0.3) is 0 Å². The smallest absolute Gasteiger partial charge is 0.393 e. The van der Waals surface area contributed by atoms with E-state index in [1.807, 2.05) is 13.8 Å². The van der Waals surface area contributed by atoms with Crippen LogP contribution < -0.4 is 0 Å².